The molecule has 0 aromatic rings. The van der Waals surface area contributed by atoms with E-state index in [4.69, 9.17) is 9.47 Å². The van der Waals surface area contributed by atoms with E-state index in [1.807, 2.05) is 14.2 Å². The molecule has 7 heteroatoms. The monoisotopic (exact) mass is 369 g/mol. The summed E-state index contributed by atoms with van der Waals surface area (Å²) < 4.78 is 12.0. The van der Waals surface area contributed by atoms with E-state index in [1.54, 1.807) is 0 Å². The minimum Gasteiger partial charge on any atom is -0.379 e. The first-order chi connectivity index (χ1) is 12.7. The van der Waals surface area contributed by atoms with Crippen molar-refractivity contribution >= 4 is 0 Å². The fraction of sp³-hybridized carbons (Fsp3) is 1.00. The van der Waals surface area contributed by atoms with Crippen molar-refractivity contribution in [3.05, 3.63) is 0 Å². The zero-order chi connectivity index (χ0) is 18.4. The molecule has 3 aliphatic rings. The molecular weight excluding hydrogens is 330 g/mol. The Morgan fingerprint density at radius 3 is 2.73 bits per heavy atom. The van der Waals surface area contributed by atoms with Crippen LogP contribution in [0.15, 0.2) is 0 Å². The van der Waals surface area contributed by atoms with Gasteiger partial charge in [-0.2, -0.15) is 0 Å². The Morgan fingerprint density at radius 1 is 1.19 bits per heavy atom. The SMILES string of the molecule is CNC1CCNC(NC2CCC(OC)C(OCCC(C)N3CCC3)C2)N1. The van der Waals surface area contributed by atoms with E-state index in [1.165, 1.54) is 19.5 Å². The van der Waals surface area contributed by atoms with E-state index in [0.29, 0.717) is 18.2 Å². The fourth-order valence-electron chi connectivity index (χ4n) is 4.34. The molecule has 2 saturated heterocycles. The van der Waals surface area contributed by atoms with Crippen LogP contribution in [0.4, 0.5) is 0 Å². The molecule has 0 amide bonds. The van der Waals surface area contributed by atoms with Crippen molar-refractivity contribution in [3.8, 4) is 0 Å². The first-order valence-electron chi connectivity index (χ1n) is 10.5. The number of hydrogen-bond donors (Lipinski definition) is 4. The zero-order valence-electron chi connectivity index (χ0n) is 16.8. The fourth-order valence-corrected chi connectivity index (χ4v) is 4.34. The molecular formula is C19H39N5O2. The number of ether oxygens (including phenoxy) is 2. The first-order valence-corrected chi connectivity index (χ1v) is 10.5. The van der Waals surface area contributed by atoms with Crippen molar-refractivity contribution < 1.29 is 9.47 Å². The number of likely N-dealkylation sites (tertiary alicyclic amines) is 1. The molecule has 152 valence electrons. The minimum absolute atomic E-state index is 0.164. The molecule has 4 N–H and O–H groups in total. The van der Waals surface area contributed by atoms with Crippen molar-refractivity contribution in [2.45, 2.75) is 82.2 Å². The van der Waals surface area contributed by atoms with Crippen LogP contribution in [-0.2, 0) is 9.47 Å². The molecule has 0 radical (unpaired) electrons. The summed E-state index contributed by atoms with van der Waals surface area (Å²) in [6, 6.07) is 1.09. The molecule has 3 rings (SSSR count). The van der Waals surface area contributed by atoms with Gasteiger partial charge in [0.05, 0.1) is 18.4 Å². The largest absolute Gasteiger partial charge is 0.379 e. The molecule has 26 heavy (non-hydrogen) atoms. The highest BCUT2D eigenvalue weighted by atomic mass is 16.5. The van der Waals surface area contributed by atoms with Crippen molar-refractivity contribution in [2.75, 3.05) is 40.4 Å². The highest BCUT2D eigenvalue weighted by molar-refractivity contribution is 4.88. The average molecular weight is 370 g/mol. The Bertz CT molecular complexity index is 409. The smallest absolute Gasteiger partial charge is 0.113 e. The van der Waals surface area contributed by atoms with Crippen LogP contribution in [0.1, 0.15) is 45.4 Å². The summed E-state index contributed by atoms with van der Waals surface area (Å²) in [5, 5.41) is 14.1. The van der Waals surface area contributed by atoms with Gasteiger partial charge in [-0.1, -0.05) is 0 Å². The maximum Gasteiger partial charge on any atom is 0.113 e. The summed E-state index contributed by atoms with van der Waals surface area (Å²) in [7, 11) is 3.83. The predicted octanol–water partition coefficient (Wildman–Crippen LogP) is 0.425. The van der Waals surface area contributed by atoms with E-state index in [0.717, 1.165) is 45.3 Å². The Kier molecular flexibility index (Phi) is 8.11. The van der Waals surface area contributed by atoms with Crippen LogP contribution in [0.3, 0.4) is 0 Å². The Morgan fingerprint density at radius 2 is 2.04 bits per heavy atom. The molecule has 1 saturated carbocycles. The van der Waals surface area contributed by atoms with Gasteiger partial charge in [-0.3, -0.25) is 16.0 Å². The summed E-state index contributed by atoms with van der Waals surface area (Å²) in [4.78, 5) is 2.54. The van der Waals surface area contributed by atoms with Crippen LogP contribution in [0, 0.1) is 0 Å². The summed E-state index contributed by atoms with van der Waals surface area (Å²) in [5.74, 6) is 0. The van der Waals surface area contributed by atoms with E-state index in [2.05, 4.69) is 33.1 Å². The molecule has 6 atom stereocenters. The molecule has 0 aromatic carbocycles. The van der Waals surface area contributed by atoms with Gasteiger partial charge < -0.3 is 19.7 Å². The van der Waals surface area contributed by atoms with Crippen LogP contribution in [0.25, 0.3) is 0 Å². The molecule has 2 heterocycles. The van der Waals surface area contributed by atoms with Crippen molar-refractivity contribution in [1.29, 1.82) is 0 Å². The summed E-state index contributed by atoms with van der Waals surface area (Å²) >= 11 is 0. The highest BCUT2D eigenvalue weighted by Crippen LogP contribution is 2.25. The van der Waals surface area contributed by atoms with Crippen LogP contribution in [0.2, 0.25) is 0 Å². The predicted molar refractivity (Wildman–Crippen MR) is 104 cm³/mol. The summed E-state index contributed by atoms with van der Waals surface area (Å²) in [6.45, 7) is 6.69. The van der Waals surface area contributed by atoms with Crippen LogP contribution >= 0.6 is 0 Å². The van der Waals surface area contributed by atoms with Crippen LogP contribution in [0.5, 0.6) is 0 Å². The Balaban J connectivity index is 1.41. The zero-order valence-corrected chi connectivity index (χ0v) is 16.8. The number of nitrogens with one attached hydrogen (secondary N) is 4. The normalized spacial score (nSPS) is 37.3. The third kappa shape index (κ3) is 5.61. The van der Waals surface area contributed by atoms with Gasteiger partial charge in [0.25, 0.3) is 0 Å². The third-order valence-corrected chi connectivity index (χ3v) is 6.32. The second kappa shape index (κ2) is 10.3. The van der Waals surface area contributed by atoms with Gasteiger partial charge in [-0.15, -0.1) is 0 Å². The standard InChI is InChI=1S/C19H39N5O2/c1-14(24-10-4-11-24)8-12-26-17-13-15(5-6-16(17)25-3)22-19-21-9-7-18(20-2)23-19/h14-23H,4-13H2,1-3H3. The topological polar surface area (TPSA) is 69.8 Å². The lowest BCUT2D eigenvalue weighted by molar-refractivity contribution is -0.0879. The quantitative estimate of drug-likeness (QED) is 0.470. The van der Waals surface area contributed by atoms with Crippen LogP contribution in [-0.4, -0.2) is 82.0 Å². The van der Waals surface area contributed by atoms with Crippen LogP contribution < -0.4 is 21.3 Å². The molecule has 1 aliphatic carbocycles. The van der Waals surface area contributed by atoms with E-state index >= 15 is 0 Å². The second-order valence-corrected chi connectivity index (χ2v) is 8.07. The molecule has 2 aliphatic heterocycles. The van der Waals surface area contributed by atoms with Crippen molar-refractivity contribution in [3.63, 3.8) is 0 Å². The van der Waals surface area contributed by atoms with Gasteiger partial charge in [0, 0.05) is 32.3 Å². The molecule has 6 unspecified atom stereocenters. The summed E-state index contributed by atoms with van der Waals surface area (Å²) in [6.07, 6.45) is 7.73. The van der Waals surface area contributed by atoms with Crippen molar-refractivity contribution in [1.82, 2.24) is 26.2 Å². The molecule has 0 bridgehead atoms. The average Bonchev–Trinajstić information content (AvgIpc) is 2.60. The Hall–Kier alpha value is -0.280. The van der Waals surface area contributed by atoms with Gasteiger partial charge in [-0.25, -0.2) is 0 Å². The van der Waals surface area contributed by atoms with Gasteiger partial charge in [-0.05, 0) is 65.6 Å². The maximum atomic E-state index is 6.29. The molecule has 0 spiro atoms. The maximum absolute atomic E-state index is 6.29. The molecule has 3 fully saturated rings. The van der Waals surface area contributed by atoms with E-state index < -0.39 is 0 Å². The van der Waals surface area contributed by atoms with E-state index in [9.17, 15) is 0 Å². The molecule has 7 nitrogen and oxygen atoms in total. The van der Waals surface area contributed by atoms with Gasteiger partial charge in [0.2, 0.25) is 0 Å². The number of hydrogen-bond acceptors (Lipinski definition) is 7. The molecule has 0 aromatic heterocycles. The Labute approximate surface area is 158 Å². The third-order valence-electron chi connectivity index (χ3n) is 6.32. The van der Waals surface area contributed by atoms with Gasteiger partial charge >= 0.3 is 0 Å². The minimum atomic E-state index is 0.164. The number of rotatable bonds is 9. The highest BCUT2D eigenvalue weighted by Gasteiger charge is 2.33. The second-order valence-electron chi connectivity index (χ2n) is 8.07. The lowest BCUT2D eigenvalue weighted by Crippen LogP contribution is -2.66. The number of nitrogens with zero attached hydrogens (tertiary/aromatic N) is 1. The first kappa shape index (κ1) is 20.5. The number of methoxy groups -OCH3 is 1. The lowest BCUT2D eigenvalue weighted by Gasteiger charge is -2.40. The van der Waals surface area contributed by atoms with Crippen molar-refractivity contribution in [2.24, 2.45) is 0 Å². The lowest BCUT2D eigenvalue weighted by atomic mass is 9.90. The summed E-state index contributed by atoms with van der Waals surface area (Å²) in [5.41, 5.74) is 0. The van der Waals surface area contributed by atoms with E-state index in [-0.39, 0.29) is 18.5 Å². The van der Waals surface area contributed by atoms with Gasteiger partial charge in [0.15, 0.2) is 0 Å². The van der Waals surface area contributed by atoms with Gasteiger partial charge in [0.1, 0.15) is 6.29 Å².